The molecule has 0 saturated carbocycles. The van der Waals surface area contributed by atoms with Gasteiger partial charge in [0.2, 0.25) is 0 Å². The first-order chi connectivity index (χ1) is 7.98. The van der Waals surface area contributed by atoms with Crippen molar-refractivity contribution in [3.63, 3.8) is 0 Å². The van der Waals surface area contributed by atoms with Gasteiger partial charge in [-0.05, 0) is 17.7 Å². The van der Waals surface area contributed by atoms with Crippen molar-refractivity contribution in [2.75, 3.05) is 13.2 Å². The van der Waals surface area contributed by atoms with Crippen molar-refractivity contribution in [3.8, 4) is 11.5 Å². The van der Waals surface area contributed by atoms with Crippen LogP contribution < -0.4 is 39.0 Å². The van der Waals surface area contributed by atoms with Gasteiger partial charge >= 0.3 is 29.6 Å². The summed E-state index contributed by atoms with van der Waals surface area (Å²) >= 11 is 0. The molecule has 1 aliphatic heterocycles. The molecule has 0 amide bonds. The zero-order valence-corrected chi connectivity index (χ0v) is 12.6. The minimum absolute atomic E-state index is 0. The van der Waals surface area contributed by atoms with Crippen molar-refractivity contribution in [3.05, 3.63) is 23.8 Å². The second kappa shape index (κ2) is 6.23. The monoisotopic (exact) mass is 282 g/mol. The predicted octanol–water partition coefficient (Wildman–Crippen LogP) is -2.61. The number of aliphatic hydroxyl groups excluding tert-OH is 1. The van der Waals surface area contributed by atoms with E-state index in [9.17, 15) is 18.1 Å². The van der Waals surface area contributed by atoms with Crippen molar-refractivity contribution >= 4 is 10.1 Å². The van der Waals surface area contributed by atoms with E-state index in [4.69, 9.17) is 9.47 Å². The molecule has 1 aromatic rings. The van der Waals surface area contributed by atoms with E-state index in [2.05, 4.69) is 0 Å². The van der Waals surface area contributed by atoms with Gasteiger partial charge in [-0.2, -0.15) is 0 Å². The fourth-order valence-electron chi connectivity index (χ4n) is 1.50. The average Bonchev–Trinajstić information content (AvgIpc) is 2.50. The van der Waals surface area contributed by atoms with Gasteiger partial charge < -0.3 is 19.1 Å². The zero-order chi connectivity index (χ0) is 12.5. The molecule has 8 heteroatoms. The molecule has 6 nitrogen and oxygen atoms in total. The first kappa shape index (κ1) is 15.7. The van der Waals surface area contributed by atoms with Gasteiger partial charge in [0.15, 0.2) is 16.9 Å². The van der Waals surface area contributed by atoms with Gasteiger partial charge in [-0.15, -0.1) is 0 Å². The van der Waals surface area contributed by atoms with Gasteiger partial charge in [-0.25, -0.2) is 8.42 Å². The summed E-state index contributed by atoms with van der Waals surface area (Å²) in [5, 5.41) is 9.33. The molecule has 0 bridgehead atoms. The quantitative estimate of drug-likeness (QED) is 0.471. The topological polar surface area (TPSA) is 95.9 Å². The van der Waals surface area contributed by atoms with E-state index in [-0.39, 0.29) is 35.1 Å². The van der Waals surface area contributed by atoms with Crippen LogP contribution in [0, 0.1) is 0 Å². The Kier molecular flexibility index (Phi) is 5.45. The van der Waals surface area contributed by atoms with Gasteiger partial charge in [0, 0.05) is 6.42 Å². The predicted molar refractivity (Wildman–Crippen MR) is 56.7 cm³/mol. The Bertz CT molecular complexity index is 515. The normalized spacial score (nSPS) is 16.3. The summed E-state index contributed by atoms with van der Waals surface area (Å²) in [4.78, 5) is 0. The standard InChI is InChI=1S/C10H12O6S.Na/c11-10(17(12,13)14)7-2-3-8-9(6-7)16-5-1-4-15-8;/h2-3,6,10-11H,1,4-5H2,(H,12,13,14);/q;+1/p-1. The molecule has 0 fully saturated rings. The van der Waals surface area contributed by atoms with E-state index in [1.165, 1.54) is 18.2 Å². The van der Waals surface area contributed by atoms with Gasteiger partial charge in [-0.3, -0.25) is 0 Å². The second-order valence-corrected chi connectivity index (χ2v) is 5.03. The van der Waals surface area contributed by atoms with E-state index in [0.717, 1.165) is 0 Å². The van der Waals surface area contributed by atoms with Gasteiger partial charge in [0.05, 0.1) is 13.2 Å². The van der Waals surface area contributed by atoms with Crippen LogP contribution in [0.3, 0.4) is 0 Å². The summed E-state index contributed by atoms with van der Waals surface area (Å²) in [6.45, 7) is 0.950. The summed E-state index contributed by atoms with van der Waals surface area (Å²) in [6, 6.07) is 4.11. The summed E-state index contributed by atoms with van der Waals surface area (Å²) in [5.41, 5.74) is -2.11. The molecule has 1 N–H and O–H groups in total. The Morgan fingerprint density at radius 2 is 1.83 bits per heavy atom. The van der Waals surface area contributed by atoms with Crippen LogP contribution in [0.4, 0.5) is 0 Å². The summed E-state index contributed by atoms with van der Waals surface area (Å²) in [5.74, 6) is 0.810. The van der Waals surface area contributed by atoms with Crippen LogP contribution in [0.2, 0.25) is 0 Å². The third-order valence-corrected chi connectivity index (χ3v) is 3.15. The molecule has 1 unspecified atom stereocenters. The minimum atomic E-state index is -4.78. The molecule has 94 valence electrons. The molecule has 1 aromatic carbocycles. The Morgan fingerprint density at radius 1 is 1.22 bits per heavy atom. The largest absolute Gasteiger partial charge is 1.00 e. The number of aliphatic hydroxyl groups is 1. The number of rotatable bonds is 2. The van der Waals surface area contributed by atoms with Gasteiger partial charge in [-0.1, -0.05) is 6.07 Å². The molecule has 0 radical (unpaired) electrons. The Morgan fingerprint density at radius 3 is 2.44 bits per heavy atom. The Balaban J connectivity index is 0.00000162. The maximum Gasteiger partial charge on any atom is 1.00 e. The van der Waals surface area contributed by atoms with E-state index in [1.54, 1.807) is 0 Å². The van der Waals surface area contributed by atoms with Crippen molar-refractivity contribution in [1.29, 1.82) is 0 Å². The molecule has 1 atom stereocenters. The Hall–Kier alpha value is -0.310. The molecular formula is C10H11NaO6S. The number of fused-ring (bicyclic) bond motifs is 1. The molecule has 1 heterocycles. The summed E-state index contributed by atoms with van der Waals surface area (Å²) in [7, 11) is -4.78. The van der Waals surface area contributed by atoms with Crippen LogP contribution in [-0.2, 0) is 10.1 Å². The maximum atomic E-state index is 10.7. The number of ether oxygens (including phenoxy) is 2. The third-order valence-electron chi connectivity index (χ3n) is 2.33. The Labute approximate surface area is 127 Å². The molecule has 0 saturated heterocycles. The molecule has 0 aromatic heterocycles. The van der Waals surface area contributed by atoms with Crippen LogP contribution in [0.15, 0.2) is 18.2 Å². The molecule has 2 rings (SSSR count). The van der Waals surface area contributed by atoms with Crippen LogP contribution in [-0.4, -0.2) is 31.3 Å². The number of hydrogen-bond donors (Lipinski definition) is 1. The van der Waals surface area contributed by atoms with Crippen molar-refractivity contribution < 1.29 is 57.1 Å². The fourth-order valence-corrected chi connectivity index (χ4v) is 1.98. The zero-order valence-electron chi connectivity index (χ0n) is 9.83. The third kappa shape index (κ3) is 3.59. The van der Waals surface area contributed by atoms with Crippen LogP contribution in [0.1, 0.15) is 17.4 Å². The first-order valence-corrected chi connectivity index (χ1v) is 6.48. The van der Waals surface area contributed by atoms with Crippen molar-refractivity contribution in [2.45, 2.75) is 11.9 Å². The first-order valence-electron chi connectivity index (χ1n) is 5.01. The molecule has 0 aliphatic carbocycles. The molecular weight excluding hydrogens is 271 g/mol. The number of hydrogen-bond acceptors (Lipinski definition) is 6. The summed E-state index contributed by atoms with van der Waals surface area (Å²) in [6.07, 6.45) is 0.715. The average molecular weight is 282 g/mol. The number of benzene rings is 1. The molecule has 1 aliphatic rings. The second-order valence-electron chi connectivity index (χ2n) is 3.60. The van der Waals surface area contributed by atoms with Crippen molar-refractivity contribution in [1.82, 2.24) is 0 Å². The van der Waals surface area contributed by atoms with E-state index < -0.39 is 15.6 Å². The SMILES string of the molecule is O=S(=O)([O-])C(O)c1ccc2c(c1)OCCCO2.[Na+]. The molecule has 0 spiro atoms. The van der Waals surface area contributed by atoms with Gasteiger partial charge in [0.25, 0.3) is 0 Å². The van der Waals surface area contributed by atoms with Crippen molar-refractivity contribution in [2.24, 2.45) is 0 Å². The molecule has 18 heavy (non-hydrogen) atoms. The van der Waals surface area contributed by atoms with E-state index >= 15 is 0 Å². The van der Waals surface area contributed by atoms with Crippen LogP contribution in [0.5, 0.6) is 11.5 Å². The summed E-state index contributed by atoms with van der Waals surface area (Å²) < 4.78 is 42.7. The van der Waals surface area contributed by atoms with E-state index in [1.807, 2.05) is 0 Å². The minimum Gasteiger partial charge on any atom is -0.746 e. The maximum absolute atomic E-state index is 10.7. The fraction of sp³-hybridized carbons (Fsp3) is 0.400. The van der Waals surface area contributed by atoms with E-state index in [0.29, 0.717) is 31.1 Å². The van der Waals surface area contributed by atoms with Crippen LogP contribution >= 0.6 is 0 Å². The van der Waals surface area contributed by atoms with Crippen LogP contribution in [0.25, 0.3) is 0 Å². The smallest absolute Gasteiger partial charge is 0.746 e. The van der Waals surface area contributed by atoms with Gasteiger partial charge in [0.1, 0.15) is 10.1 Å².